The van der Waals surface area contributed by atoms with E-state index in [1.807, 2.05) is 0 Å². The Morgan fingerprint density at radius 3 is 1.45 bits per heavy atom. The van der Waals surface area contributed by atoms with Crippen molar-refractivity contribution in [3.8, 4) is 50.2 Å². The predicted molar refractivity (Wildman–Crippen MR) is 255 cm³/mol. The largest absolute Gasteiger partial charge is 0.310 e. The minimum atomic E-state index is 1.09. The summed E-state index contributed by atoms with van der Waals surface area (Å²) in [5.74, 6) is 0. The Morgan fingerprint density at radius 2 is 0.733 bits per heavy atom. The van der Waals surface area contributed by atoms with Crippen LogP contribution in [0.25, 0.3) is 82.8 Å². The molecule has 0 aliphatic heterocycles. The van der Waals surface area contributed by atoms with Crippen LogP contribution in [0.3, 0.4) is 0 Å². The number of hydrogen-bond donors (Lipinski definition) is 0. The molecule has 0 N–H and O–H groups in total. The SMILES string of the molecule is c1ccc(-c2cccc(N(c3ccc(-c4ccc(-c5ccccc5-n5c6ccccc6c6ccccc65)cc4)cc3)c3cccc(-c4cccc5ccccc45)c3)c2)cc1. The molecule has 0 saturated heterocycles. The molecule has 60 heavy (non-hydrogen) atoms. The Balaban J connectivity index is 0.962. The summed E-state index contributed by atoms with van der Waals surface area (Å²) < 4.78 is 2.41. The molecule has 0 spiro atoms. The normalized spacial score (nSPS) is 11.3. The third-order valence-electron chi connectivity index (χ3n) is 11.8. The summed E-state index contributed by atoms with van der Waals surface area (Å²) in [5.41, 5.74) is 16.4. The second-order valence-corrected chi connectivity index (χ2v) is 15.3. The zero-order chi connectivity index (χ0) is 39.8. The van der Waals surface area contributed by atoms with E-state index >= 15 is 0 Å². The van der Waals surface area contributed by atoms with E-state index in [9.17, 15) is 0 Å². The molecule has 1 heterocycles. The summed E-state index contributed by atoms with van der Waals surface area (Å²) in [7, 11) is 0. The van der Waals surface area contributed by atoms with Crippen LogP contribution in [0.5, 0.6) is 0 Å². The van der Waals surface area contributed by atoms with Gasteiger partial charge in [-0.1, -0.05) is 188 Å². The summed E-state index contributed by atoms with van der Waals surface area (Å²) in [5, 5.41) is 5.02. The molecule has 11 rings (SSSR count). The first-order chi connectivity index (χ1) is 29.8. The maximum atomic E-state index is 2.41. The fraction of sp³-hybridized carbons (Fsp3) is 0. The quantitative estimate of drug-likeness (QED) is 0.150. The van der Waals surface area contributed by atoms with E-state index in [0.717, 1.165) is 17.1 Å². The fourth-order valence-corrected chi connectivity index (χ4v) is 8.93. The lowest BCUT2D eigenvalue weighted by molar-refractivity contribution is 1.18. The van der Waals surface area contributed by atoms with Crippen molar-refractivity contribution < 1.29 is 0 Å². The summed E-state index contributed by atoms with van der Waals surface area (Å²) >= 11 is 0. The molecule has 0 saturated carbocycles. The van der Waals surface area contributed by atoms with Crippen LogP contribution in [0.1, 0.15) is 0 Å². The number of anilines is 3. The average Bonchev–Trinajstić information content (AvgIpc) is 3.66. The highest BCUT2D eigenvalue weighted by atomic mass is 15.1. The van der Waals surface area contributed by atoms with Gasteiger partial charge in [0.2, 0.25) is 0 Å². The van der Waals surface area contributed by atoms with E-state index < -0.39 is 0 Å². The van der Waals surface area contributed by atoms with Crippen LogP contribution in [-0.2, 0) is 0 Å². The van der Waals surface area contributed by atoms with Gasteiger partial charge in [-0.2, -0.15) is 0 Å². The molecule has 0 atom stereocenters. The lowest BCUT2D eigenvalue weighted by Crippen LogP contribution is -2.10. The molecule has 0 radical (unpaired) electrons. The lowest BCUT2D eigenvalue weighted by Gasteiger charge is -2.27. The molecule has 11 aromatic rings. The minimum absolute atomic E-state index is 1.09. The van der Waals surface area contributed by atoms with Crippen molar-refractivity contribution in [1.82, 2.24) is 4.57 Å². The summed E-state index contributed by atoms with van der Waals surface area (Å²) in [6.45, 7) is 0. The molecule has 0 fully saturated rings. The van der Waals surface area contributed by atoms with Crippen molar-refractivity contribution in [2.75, 3.05) is 4.90 Å². The molecular weight excluding hydrogens is 725 g/mol. The van der Waals surface area contributed by atoms with Crippen molar-refractivity contribution in [2.45, 2.75) is 0 Å². The van der Waals surface area contributed by atoms with Crippen molar-refractivity contribution in [1.29, 1.82) is 0 Å². The zero-order valence-electron chi connectivity index (χ0n) is 33.0. The van der Waals surface area contributed by atoms with E-state index in [-0.39, 0.29) is 0 Å². The van der Waals surface area contributed by atoms with Gasteiger partial charge in [0.15, 0.2) is 0 Å². The van der Waals surface area contributed by atoms with Gasteiger partial charge in [0.1, 0.15) is 0 Å². The van der Waals surface area contributed by atoms with Crippen molar-refractivity contribution in [3.63, 3.8) is 0 Å². The van der Waals surface area contributed by atoms with Crippen molar-refractivity contribution in [3.05, 3.63) is 243 Å². The van der Waals surface area contributed by atoms with Crippen LogP contribution >= 0.6 is 0 Å². The zero-order valence-corrected chi connectivity index (χ0v) is 33.0. The van der Waals surface area contributed by atoms with Crippen LogP contribution in [0.15, 0.2) is 243 Å². The van der Waals surface area contributed by atoms with Gasteiger partial charge in [-0.25, -0.2) is 0 Å². The Bertz CT molecular complexity index is 3240. The molecule has 0 amide bonds. The second kappa shape index (κ2) is 15.1. The highest BCUT2D eigenvalue weighted by Gasteiger charge is 2.17. The molecule has 2 heteroatoms. The van der Waals surface area contributed by atoms with Gasteiger partial charge in [-0.3, -0.25) is 0 Å². The second-order valence-electron chi connectivity index (χ2n) is 15.3. The molecule has 10 aromatic carbocycles. The van der Waals surface area contributed by atoms with Gasteiger partial charge < -0.3 is 9.47 Å². The average molecular weight is 765 g/mol. The fourth-order valence-electron chi connectivity index (χ4n) is 8.93. The highest BCUT2D eigenvalue weighted by Crippen LogP contribution is 2.41. The molecule has 282 valence electrons. The molecule has 0 unspecified atom stereocenters. The molecule has 0 aliphatic rings. The number of rotatable bonds is 8. The molecule has 0 aliphatic carbocycles. The monoisotopic (exact) mass is 764 g/mol. The molecular formula is C58H40N2. The highest BCUT2D eigenvalue weighted by molar-refractivity contribution is 6.09. The van der Waals surface area contributed by atoms with E-state index in [0.29, 0.717) is 0 Å². The van der Waals surface area contributed by atoms with Crippen molar-refractivity contribution >= 4 is 49.6 Å². The Morgan fingerprint density at radius 1 is 0.267 bits per heavy atom. The third kappa shape index (κ3) is 6.32. The van der Waals surface area contributed by atoms with E-state index in [2.05, 4.69) is 252 Å². The summed E-state index contributed by atoms with van der Waals surface area (Å²) in [4.78, 5) is 2.37. The number of nitrogens with zero attached hydrogens (tertiary/aromatic N) is 2. The van der Waals surface area contributed by atoms with Crippen LogP contribution in [-0.4, -0.2) is 4.57 Å². The van der Waals surface area contributed by atoms with Gasteiger partial charge in [0.25, 0.3) is 0 Å². The maximum absolute atomic E-state index is 2.41. The van der Waals surface area contributed by atoms with E-state index in [1.54, 1.807) is 0 Å². The summed E-state index contributed by atoms with van der Waals surface area (Å²) in [6, 6.07) is 87.8. The standard InChI is InChI=1S/C58H40N2/c1-2-15-41(16-3-1)46-19-12-21-49(39-46)59(50-22-13-20-47(40-50)52-27-14-18-44-17-4-5-23-51(44)52)48-37-35-43(36-38-48)42-31-33-45(34-32-42)53-24-6-9-28-56(53)60-57-29-10-7-25-54(57)55-26-8-11-30-58(55)60/h1-40H. The van der Waals surface area contributed by atoms with Gasteiger partial charge in [0, 0.05) is 33.4 Å². The van der Waals surface area contributed by atoms with Crippen molar-refractivity contribution in [2.24, 2.45) is 0 Å². The number of hydrogen-bond acceptors (Lipinski definition) is 1. The van der Waals surface area contributed by atoms with E-state index in [1.165, 1.54) is 82.8 Å². The first-order valence-corrected chi connectivity index (χ1v) is 20.6. The van der Waals surface area contributed by atoms with Crippen LogP contribution in [0.4, 0.5) is 17.1 Å². The first kappa shape index (κ1) is 35.2. The van der Waals surface area contributed by atoms with Gasteiger partial charge in [0.05, 0.1) is 16.7 Å². The van der Waals surface area contributed by atoms with Crippen LogP contribution in [0, 0.1) is 0 Å². The number of aromatic nitrogens is 1. The Hall–Kier alpha value is -7.94. The predicted octanol–water partition coefficient (Wildman–Crippen LogP) is 16.1. The third-order valence-corrected chi connectivity index (χ3v) is 11.8. The minimum Gasteiger partial charge on any atom is -0.310 e. The topological polar surface area (TPSA) is 8.17 Å². The van der Waals surface area contributed by atoms with Crippen LogP contribution < -0.4 is 4.90 Å². The first-order valence-electron chi connectivity index (χ1n) is 20.6. The van der Waals surface area contributed by atoms with E-state index in [4.69, 9.17) is 0 Å². The number of benzene rings is 10. The number of fused-ring (bicyclic) bond motifs is 4. The molecule has 0 bridgehead atoms. The maximum Gasteiger partial charge on any atom is 0.0541 e. The van der Waals surface area contributed by atoms with Gasteiger partial charge in [-0.05, 0) is 104 Å². The number of para-hydroxylation sites is 3. The van der Waals surface area contributed by atoms with Gasteiger partial charge >= 0.3 is 0 Å². The Kier molecular flexibility index (Phi) is 8.87. The lowest BCUT2D eigenvalue weighted by atomic mass is 9.97. The Labute approximate surface area is 350 Å². The smallest absolute Gasteiger partial charge is 0.0541 e. The van der Waals surface area contributed by atoms with Gasteiger partial charge in [-0.15, -0.1) is 0 Å². The van der Waals surface area contributed by atoms with Crippen LogP contribution in [0.2, 0.25) is 0 Å². The molecule has 2 nitrogen and oxygen atoms in total. The summed E-state index contributed by atoms with van der Waals surface area (Å²) in [6.07, 6.45) is 0. The molecule has 1 aromatic heterocycles.